The number of fused-ring (bicyclic) bond motifs is 1. The zero-order chi connectivity index (χ0) is 14.8. The Labute approximate surface area is 126 Å². The molecule has 1 aromatic carbocycles. The van der Waals surface area contributed by atoms with E-state index in [-0.39, 0.29) is 6.04 Å². The topological polar surface area (TPSA) is 62.2 Å². The van der Waals surface area contributed by atoms with Crippen LogP contribution >= 0.6 is 11.3 Å². The largest absolute Gasteiger partial charge is 0.465 e. The molecule has 0 radical (unpaired) electrons. The molecule has 1 amide bonds. The van der Waals surface area contributed by atoms with Gasteiger partial charge in [-0.2, -0.15) is 0 Å². The first kappa shape index (κ1) is 13.6. The summed E-state index contributed by atoms with van der Waals surface area (Å²) in [5, 5.41) is 14.7. The minimum atomic E-state index is -1.04. The number of nitrogens with zero attached hydrogens (tertiary/aromatic N) is 1. The SMILES string of the molecule is CC(NC(=O)O)c1cnccc1-c1cccc2ccsc12. The van der Waals surface area contributed by atoms with Gasteiger partial charge in [0.2, 0.25) is 0 Å². The van der Waals surface area contributed by atoms with Gasteiger partial charge in [0.25, 0.3) is 0 Å². The number of hydrogen-bond donors (Lipinski definition) is 2. The van der Waals surface area contributed by atoms with Crippen LogP contribution in [0.25, 0.3) is 21.2 Å². The first-order valence-electron chi connectivity index (χ1n) is 6.57. The van der Waals surface area contributed by atoms with E-state index in [9.17, 15) is 4.79 Å². The van der Waals surface area contributed by atoms with Crippen molar-refractivity contribution in [2.24, 2.45) is 0 Å². The highest BCUT2D eigenvalue weighted by molar-refractivity contribution is 7.17. The predicted molar refractivity (Wildman–Crippen MR) is 84.6 cm³/mol. The Morgan fingerprint density at radius 1 is 1.29 bits per heavy atom. The Kier molecular flexibility index (Phi) is 3.58. The maximum Gasteiger partial charge on any atom is 0.405 e. The van der Waals surface area contributed by atoms with Crippen LogP contribution in [-0.4, -0.2) is 16.2 Å². The molecule has 2 N–H and O–H groups in total. The molecule has 0 spiro atoms. The molecular formula is C16H14N2O2S. The second-order valence-corrected chi connectivity index (χ2v) is 5.69. The molecule has 5 heteroatoms. The molecule has 21 heavy (non-hydrogen) atoms. The quantitative estimate of drug-likeness (QED) is 0.758. The minimum absolute atomic E-state index is 0.318. The third kappa shape index (κ3) is 2.60. The third-order valence-electron chi connectivity index (χ3n) is 3.43. The van der Waals surface area contributed by atoms with E-state index in [4.69, 9.17) is 5.11 Å². The molecule has 0 aliphatic carbocycles. The third-order valence-corrected chi connectivity index (χ3v) is 4.39. The zero-order valence-electron chi connectivity index (χ0n) is 11.4. The Morgan fingerprint density at radius 3 is 2.95 bits per heavy atom. The van der Waals surface area contributed by atoms with Crippen LogP contribution in [0.5, 0.6) is 0 Å². The van der Waals surface area contributed by atoms with Gasteiger partial charge in [-0.1, -0.05) is 18.2 Å². The maximum absolute atomic E-state index is 10.9. The average molecular weight is 298 g/mol. The smallest absolute Gasteiger partial charge is 0.405 e. The van der Waals surface area contributed by atoms with Gasteiger partial charge in [-0.05, 0) is 40.9 Å². The number of carbonyl (C=O) groups is 1. The summed E-state index contributed by atoms with van der Waals surface area (Å²) >= 11 is 1.69. The second-order valence-electron chi connectivity index (χ2n) is 4.78. The van der Waals surface area contributed by atoms with Gasteiger partial charge in [-0.3, -0.25) is 4.98 Å². The number of aromatic nitrogens is 1. The van der Waals surface area contributed by atoms with Crippen molar-refractivity contribution in [3.05, 3.63) is 53.7 Å². The van der Waals surface area contributed by atoms with Gasteiger partial charge >= 0.3 is 6.09 Å². The number of hydrogen-bond acceptors (Lipinski definition) is 3. The first-order chi connectivity index (χ1) is 10.2. The summed E-state index contributed by atoms with van der Waals surface area (Å²) in [5.41, 5.74) is 3.00. The van der Waals surface area contributed by atoms with Gasteiger partial charge < -0.3 is 10.4 Å². The molecule has 3 rings (SSSR count). The van der Waals surface area contributed by atoms with Crippen molar-refractivity contribution in [3.63, 3.8) is 0 Å². The van der Waals surface area contributed by atoms with E-state index >= 15 is 0 Å². The van der Waals surface area contributed by atoms with Gasteiger partial charge in [0.15, 0.2) is 0 Å². The molecule has 0 fully saturated rings. The molecule has 4 nitrogen and oxygen atoms in total. The van der Waals surface area contributed by atoms with Crippen molar-refractivity contribution in [3.8, 4) is 11.1 Å². The van der Waals surface area contributed by atoms with Crippen LogP contribution in [0.4, 0.5) is 4.79 Å². The predicted octanol–water partition coefficient (Wildman–Crippen LogP) is 4.29. The van der Waals surface area contributed by atoms with E-state index < -0.39 is 6.09 Å². The van der Waals surface area contributed by atoms with Crippen LogP contribution in [-0.2, 0) is 0 Å². The number of amides is 1. The van der Waals surface area contributed by atoms with Crippen molar-refractivity contribution in [2.45, 2.75) is 13.0 Å². The molecule has 0 saturated carbocycles. The molecule has 2 heterocycles. The minimum Gasteiger partial charge on any atom is -0.465 e. The van der Waals surface area contributed by atoms with Crippen LogP contribution in [0.1, 0.15) is 18.5 Å². The van der Waals surface area contributed by atoms with E-state index in [1.165, 1.54) is 10.1 Å². The fourth-order valence-electron chi connectivity index (χ4n) is 2.47. The van der Waals surface area contributed by atoms with E-state index in [0.29, 0.717) is 0 Å². The highest BCUT2D eigenvalue weighted by Gasteiger charge is 2.15. The Morgan fingerprint density at radius 2 is 2.14 bits per heavy atom. The highest BCUT2D eigenvalue weighted by atomic mass is 32.1. The molecule has 0 aliphatic heterocycles. The second kappa shape index (κ2) is 5.54. The van der Waals surface area contributed by atoms with Crippen LogP contribution in [0.2, 0.25) is 0 Å². The molecular weight excluding hydrogens is 284 g/mol. The number of pyridine rings is 1. The monoisotopic (exact) mass is 298 g/mol. The van der Waals surface area contributed by atoms with Gasteiger partial charge in [0, 0.05) is 22.7 Å². The van der Waals surface area contributed by atoms with Gasteiger partial charge in [-0.15, -0.1) is 11.3 Å². The number of nitrogens with one attached hydrogen (secondary N) is 1. The number of thiophene rings is 1. The van der Waals surface area contributed by atoms with Crippen molar-refractivity contribution in [2.75, 3.05) is 0 Å². The summed E-state index contributed by atoms with van der Waals surface area (Å²) in [6, 6.07) is 9.86. The van der Waals surface area contributed by atoms with E-state index in [1.54, 1.807) is 23.7 Å². The van der Waals surface area contributed by atoms with Crippen molar-refractivity contribution >= 4 is 27.5 Å². The number of carboxylic acid groups (broad SMARTS) is 1. The van der Waals surface area contributed by atoms with Crippen LogP contribution in [0, 0.1) is 0 Å². The summed E-state index contributed by atoms with van der Waals surface area (Å²) in [7, 11) is 0. The van der Waals surface area contributed by atoms with Crippen LogP contribution in [0.15, 0.2) is 48.1 Å². The lowest BCUT2D eigenvalue weighted by molar-refractivity contribution is 0.191. The molecule has 106 valence electrons. The summed E-state index contributed by atoms with van der Waals surface area (Å²) in [6.45, 7) is 1.82. The van der Waals surface area contributed by atoms with E-state index in [1.807, 2.05) is 19.1 Å². The van der Waals surface area contributed by atoms with E-state index in [0.717, 1.165) is 16.7 Å². The molecule has 3 aromatic rings. The Bertz CT molecular complexity index is 798. The molecule has 0 aliphatic rings. The molecule has 0 saturated heterocycles. The summed E-state index contributed by atoms with van der Waals surface area (Å²) in [6.07, 6.45) is 2.42. The lowest BCUT2D eigenvalue weighted by atomic mass is 9.97. The van der Waals surface area contributed by atoms with Gasteiger partial charge in [-0.25, -0.2) is 4.79 Å². The molecule has 1 unspecified atom stereocenters. The maximum atomic E-state index is 10.9. The Balaban J connectivity index is 2.15. The number of benzene rings is 1. The van der Waals surface area contributed by atoms with Crippen LogP contribution < -0.4 is 5.32 Å². The van der Waals surface area contributed by atoms with Crippen molar-refractivity contribution in [1.82, 2.24) is 10.3 Å². The van der Waals surface area contributed by atoms with Crippen LogP contribution in [0.3, 0.4) is 0 Å². The summed E-state index contributed by atoms with van der Waals surface area (Å²) in [4.78, 5) is 15.0. The lowest BCUT2D eigenvalue weighted by Crippen LogP contribution is -2.25. The average Bonchev–Trinajstić information content (AvgIpc) is 2.95. The lowest BCUT2D eigenvalue weighted by Gasteiger charge is -2.16. The van der Waals surface area contributed by atoms with Crippen molar-refractivity contribution in [1.29, 1.82) is 0 Å². The molecule has 1 atom stereocenters. The fourth-order valence-corrected chi connectivity index (χ4v) is 3.39. The summed E-state index contributed by atoms with van der Waals surface area (Å²) in [5.74, 6) is 0. The van der Waals surface area contributed by atoms with Gasteiger partial charge in [0.1, 0.15) is 0 Å². The summed E-state index contributed by atoms with van der Waals surface area (Å²) < 4.78 is 1.20. The Hall–Kier alpha value is -2.40. The molecule has 0 bridgehead atoms. The molecule has 2 aromatic heterocycles. The first-order valence-corrected chi connectivity index (χ1v) is 7.45. The van der Waals surface area contributed by atoms with E-state index in [2.05, 4.69) is 33.9 Å². The highest BCUT2D eigenvalue weighted by Crippen LogP contribution is 2.35. The van der Waals surface area contributed by atoms with Gasteiger partial charge in [0.05, 0.1) is 6.04 Å². The normalized spacial score (nSPS) is 12.2. The standard InChI is InChI=1S/C16H14N2O2S/c1-10(18-16(19)20)14-9-17-7-5-12(14)13-4-2-3-11-6-8-21-15(11)13/h2-10,18H,1H3,(H,19,20). The number of rotatable bonds is 3. The fraction of sp³-hybridized carbons (Fsp3) is 0.125. The van der Waals surface area contributed by atoms with Crippen molar-refractivity contribution < 1.29 is 9.90 Å². The zero-order valence-corrected chi connectivity index (χ0v) is 12.2.